The third kappa shape index (κ3) is 5.06. The zero-order valence-electron chi connectivity index (χ0n) is 14.0. The van der Waals surface area contributed by atoms with Crippen molar-refractivity contribution in [2.24, 2.45) is 0 Å². The van der Waals surface area contributed by atoms with Crippen molar-refractivity contribution in [2.75, 3.05) is 25.5 Å². The molecule has 5 heteroatoms. The smallest absolute Gasteiger partial charge is 0.238 e. The first-order valence-corrected chi connectivity index (χ1v) is 8.31. The summed E-state index contributed by atoms with van der Waals surface area (Å²) < 4.78 is 0. The number of nitrogens with one attached hydrogen (secondary N) is 1. The maximum absolute atomic E-state index is 12.4. The summed E-state index contributed by atoms with van der Waals surface area (Å²) in [6, 6.07) is 15.3. The van der Waals surface area contributed by atoms with Crippen LogP contribution in [0.15, 0.2) is 48.5 Å². The molecule has 0 fully saturated rings. The quantitative estimate of drug-likeness (QED) is 0.804. The molecule has 0 saturated carbocycles. The van der Waals surface area contributed by atoms with Gasteiger partial charge in [0.05, 0.1) is 6.54 Å². The standard InChI is InChI=1S/C19H23ClN2O2/c1-14-12-16(20)8-9-17(14)21-19(24)13-22(2)18(10-11-23)15-6-4-3-5-7-15/h3-9,12,18,23H,10-11,13H2,1-2H3,(H,21,24). The number of halogens is 1. The summed E-state index contributed by atoms with van der Waals surface area (Å²) in [6.45, 7) is 2.22. The number of hydrogen-bond acceptors (Lipinski definition) is 3. The Bertz CT molecular complexity index is 676. The summed E-state index contributed by atoms with van der Waals surface area (Å²) in [6.07, 6.45) is 0.577. The number of aryl methyl sites for hydroxylation is 1. The molecule has 0 bridgehead atoms. The molecule has 0 aliphatic carbocycles. The number of aliphatic hydroxyl groups excluding tert-OH is 1. The predicted molar refractivity (Wildman–Crippen MR) is 98.3 cm³/mol. The third-order valence-electron chi connectivity index (χ3n) is 3.97. The number of anilines is 1. The molecule has 2 aromatic carbocycles. The van der Waals surface area contributed by atoms with E-state index in [-0.39, 0.29) is 25.1 Å². The Hall–Kier alpha value is -1.88. The minimum absolute atomic E-state index is 0.00624. The van der Waals surface area contributed by atoms with Gasteiger partial charge in [0.25, 0.3) is 0 Å². The molecule has 0 aliphatic rings. The van der Waals surface area contributed by atoms with Crippen LogP contribution in [0.1, 0.15) is 23.6 Å². The van der Waals surface area contributed by atoms with Crippen molar-refractivity contribution in [1.82, 2.24) is 4.90 Å². The van der Waals surface area contributed by atoms with Gasteiger partial charge < -0.3 is 10.4 Å². The predicted octanol–water partition coefficient (Wildman–Crippen LogP) is 3.64. The second kappa shape index (κ2) is 8.83. The molecule has 0 spiro atoms. The molecule has 2 aromatic rings. The number of aliphatic hydroxyl groups is 1. The van der Waals surface area contributed by atoms with Crippen molar-refractivity contribution >= 4 is 23.2 Å². The van der Waals surface area contributed by atoms with E-state index in [1.165, 1.54) is 0 Å². The van der Waals surface area contributed by atoms with Gasteiger partial charge in [-0.1, -0.05) is 41.9 Å². The van der Waals surface area contributed by atoms with Gasteiger partial charge in [-0.25, -0.2) is 0 Å². The Morgan fingerprint density at radius 2 is 1.96 bits per heavy atom. The highest BCUT2D eigenvalue weighted by atomic mass is 35.5. The number of hydrogen-bond donors (Lipinski definition) is 2. The van der Waals surface area contributed by atoms with Gasteiger partial charge >= 0.3 is 0 Å². The molecule has 2 rings (SSSR count). The molecule has 4 nitrogen and oxygen atoms in total. The van der Waals surface area contributed by atoms with Gasteiger partial charge in [-0.05, 0) is 49.7 Å². The fourth-order valence-electron chi connectivity index (χ4n) is 2.73. The Morgan fingerprint density at radius 1 is 1.25 bits per heavy atom. The summed E-state index contributed by atoms with van der Waals surface area (Å²) in [7, 11) is 1.89. The van der Waals surface area contributed by atoms with Crippen molar-refractivity contribution in [1.29, 1.82) is 0 Å². The van der Waals surface area contributed by atoms with Crippen LogP contribution in [0.3, 0.4) is 0 Å². The molecule has 0 radical (unpaired) electrons. The van der Waals surface area contributed by atoms with Crippen LogP contribution < -0.4 is 5.32 Å². The SMILES string of the molecule is Cc1cc(Cl)ccc1NC(=O)CN(C)C(CCO)c1ccccc1. The van der Waals surface area contributed by atoms with E-state index in [1.54, 1.807) is 12.1 Å². The van der Waals surface area contributed by atoms with E-state index in [9.17, 15) is 9.90 Å². The molecular weight excluding hydrogens is 324 g/mol. The van der Waals surface area contributed by atoms with E-state index in [0.717, 1.165) is 16.8 Å². The Balaban J connectivity index is 2.03. The van der Waals surface area contributed by atoms with Crippen LogP contribution in [-0.2, 0) is 4.79 Å². The number of likely N-dealkylation sites (N-methyl/N-ethyl adjacent to an activating group) is 1. The highest BCUT2D eigenvalue weighted by Crippen LogP contribution is 2.23. The van der Waals surface area contributed by atoms with Crippen LogP contribution in [0.4, 0.5) is 5.69 Å². The van der Waals surface area contributed by atoms with E-state index < -0.39 is 0 Å². The number of carbonyl (C=O) groups excluding carboxylic acids is 1. The van der Waals surface area contributed by atoms with Gasteiger partial charge in [0.2, 0.25) is 5.91 Å². The molecule has 2 N–H and O–H groups in total. The van der Waals surface area contributed by atoms with Crippen molar-refractivity contribution in [3.8, 4) is 0 Å². The Labute approximate surface area is 148 Å². The molecular formula is C19H23ClN2O2. The highest BCUT2D eigenvalue weighted by Gasteiger charge is 2.19. The van der Waals surface area contributed by atoms with Crippen molar-refractivity contribution in [3.05, 3.63) is 64.7 Å². The average Bonchev–Trinajstić information content (AvgIpc) is 2.56. The zero-order valence-corrected chi connectivity index (χ0v) is 14.8. The Kier molecular flexibility index (Phi) is 6.79. The molecule has 1 unspecified atom stereocenters. The fourth-order valence-corrected chi connectivity index (χ4v) is 2.96. The minimum Gasteiger partial charge on any atom is -0.396 e. The number of rotatable bonds is 7. The lowest BCUT2D eigenvalue weighted by Gasteiger charge is -2.27. The molecule has 24 heavy (non-hydrogen) atoms. The molecule has 0 aliphatic heterocycles. The zero-order chi connectivity index (χ0) is 17.5. The first-order valence-electron chi connectivity index (χ1n) is 7.93. The first kappa shape index (κ1) is 18.5. The molecule has 1 atom stereocenters. The third-order valence-corrected chi connectivity index (χ3v) is 4.21. The van der Waals surface area contributed by atoms with E-state index in [0.29, 0.717) is 11.4 Å². The minimum atomic E-state index is -0.0956. The summed E-state index contributed by atoms with van der Waals surface area (Å²) >= 11 is 5.94. The molecule has 1 amide bonds. The highest BCUT2D eigenvalue weighted by molar-refractivity contribution is 6.30. The lowest BCUT2D eigenvalue weighted by atomic mass is 10.0. The van der Waals surface area contributed by atoms with Crippen LogP contribution in [0.2, 0.25) is 5.02 Å². The van der Waals surface area contributed by atoms with Crippen LogP contribution in [0.5, 0.6) is 0 Å². The van der Waals surface area contributed by atoms with Crippen LogP contribution in [-0.4, -0.2) is 36.1 Å². The molecule has 128 valence electrons. The van der Waals surface area contributed by atoms with Crippen molar-refractivity contribution < 1.29 is 9.90 Å². The number of amides is 1. The van der Waals surface area contributed by atoms with Crippen molar-refractivity contribution in [3.63, 3.8) is 0 Å². The van der Waals surface area contributed by atoms with E-state index in [1.807, 2.05) is 55.3 Å². The maximum Gasteiger partial charge on any atom is 0.238 e. The lowest BCUT2D eigenvalue weighted by molar-refractivity contribution is -0.117. The summed E-state index contributed by atoms with van der Waals surface area (Å²) in [5.41, 5.74) is 2.77. The largest absolute Gasteiger partial charge is 0.396 e. The summed E-state index contributed by atoms with van der Waals surface area (Å²) in [5, 5.41) is 12.9. The monoisotopic (exact) mass is 346 g/mol. The van der Waals surface area contributed by atoms with Gasteiger partial charge in [0, 0.05) is 23.4 Å². The number of nitrogens with zero attached hydrogens (tertiary/aromatic N) is 1. The van der Waals surface area contributed by atoms with Crippen LogP contribution in [0, 0.1) is 6.92 Å². The van der Waals surface area contributed by atoms with Crippen LogP contribution >= 0.6 is 11.6 Å². The fraction of sp³-hybridized carbons (Fsp3) is 0.316. The van der Waals surface area contributed by atoms with E-state index >= 15 is 0 Å². The second-order valence-corrected chi connectivity index (χ2v) is 6.30. The van der Waals surface area contributed by atoms with Gasteiger partial charge in [0.1, 0.15) is 0 Å². The van der Waals surface area contributed by atoms with Crippen LogP contribution in [0.25, 0.3) is 0 Å². The second-order valence-electron chi connectivity index (χ2n) is 5.86. The Morgan fingerprint density at radius 3 is 2.58 bits per heavy atom. The first-order chi connectivity index (χ1) is 11.5. The summed E-state index contributed by atoms with van der Waals surface area (Å²) in [5.74, 6) is -0.0956. The van der Waals surface area contributed by atoms with Gasteiger partial charge in [-0.2, -0.15) is 0 Å². The van der Waals surface area contributed by atoms with E-state index in [4.69, 9.17) is 11.6 Å². The van der Waals surface area contributed by atoms with Gasteiger partial charge in [0.15, 0.2) is 0 Å². The topological polar surface area (TPSA) is 52.6 Å². The van der Waals surface area contributed by atoms with Crippen molar-refractivity contribution in [2.45, 2.75) is 19.4 Å². The average molecular weight is 347 g/mol. The van der Waals surface area contributed by atoms with Gasteiger partial charge in [-0.3, -0.25) is 9.69 Å². The van der Waals surface area contributed by atoms with Gasteiger partial charge in [-0.15, -0.1) is 0 Å². The molecule has 0 aromatic heterocycles. The normalized spacial score (nSPS) is 12.2. The van der Waals surface area contributed by atoms with E-state index in [2.05, 4.69) is 5.32 Å². The maximum atomic E-state index is 12.4. The lowest BCUT2D eigenvalue weighted by Crippen LogP contribution is -2.34. The number of carbonyl (C=O) groups is 1. The number of benzene rings is 2. The molecule has 0 heterocycles. The summed E-state index contributed by atoms with van der Waals surface area (Å²) in [4.78, 5) is 14.3. The molecule has 0 saturated heterocycles.